The standard InChI is InChI=1S/C18H24N6O2S/c1-10(2)9-14-20-7-6-12(22-14)15-11(3)21-17(27-15)23-18(26)24-8-4-5-13(24)16(19)25/h6-7,10,13H,4-5,8-9H2,1-3H3,(H2,19,25)(H,21,23,26)/t13-/m0/s1. The van der Waals surface area contributed by atoms with Gasteiger partial charge in [0, 0.05) is 19.2 Å². The molecular weight excluding hydrogens is 364 g/mol. The van der Waals surface area contributed by atoms with E-state index in [0.717, 1.165) is 34.9 Å². The maximum Gasteiger partial charge on any atom is 0.324 e. The maximum absolute atomic E-state index is 12.5. The Hall–Kier alpha value is -2.55. The molecule has 3 amide bonds. The minimum absolute atomic E-state index is 0.347. The minimum atomic E-state index is -0.550. The SMILES string of the molecule is Cc1nc(NC(=O)N2CCC[C@H]2C(N)=O)sc1-c1ccnc(CC(C)C)n1. The molecule has 1 aliphatic rings. The molecule has 0 radical (unpaired) electrons. The van der Waals surface area contributed by atoms with Crippen molar-refractivity contribution in [2.45, 2.75) is 46.1 Å². The first-order valence-electron chi connectivity index (χ1n) is 9.01. The van der Waals surface area contributed by atoms with Crippen LogP contribution in [0.5, 0.6) is 0 Å². The summed E-state index contributed by atoms with van der Waals surface area (Å²) < 4.78 is 0. The van der Waals surface area contributed by atoms with E-state index in [1.165, 1.54) is 16.2 Å². The van der Waals surface area contributed by atoms with E-state index < -0.39 is 11.9 Å². The highest BCUT2D eigenvalue weighted by atomic mass is 32.1. The first-order chi connectivity index (χ1) is 12.8. The number of nitrogens with two attached hydrogens (primary N) is 1. The fourth-order valence-electron chi connectivity index (χ4n) is 3.15. The number of thiazole rings is 1. The second-order valence-electron chi connectivity index (χ2n) is 7.07. The summed E-state index contributed by atoms with van der Waals surface area (Å²) in [5, 5.41) is 3.27. The van der Waals surface area contributed by atoms with E-state index in [-0.39, 0.29) is 6.03 Å². The van der Waals surface area contributed by atoms with Gasteiger partial charge in [-0.15, -0.1) is 0 Å². The van der Waals surface area contributed by atoms with Crippen LogP contribution in [0, 0.1) is 12.8 Å². The molecule has 3 rings (SSSR count). The van der Waals surface area contributed by atoms with Crippen molar-refractivity contribution in [1.29, 1.82) is 0 Å². The number of anilines is 1. The normalized spacial score (nSPS) is 16.7. The molecule has 0 unspecified atom stereocenters. The lowest BCUT2D eigenvalue weighted by molar-refractivity contribution is -0.121. The third-order valence-electron chi connectivity index (χ3n) is 4.38. The second kappa shape index (κ2) is 7.99. The molecule has 0 spiro atoms. The van der Waals surface area contributed by atoms with Crippen LogP contribution in [0.25, 0.3) is 10.6 Å². The van der Waals surface area contributed by atoms with Gasteiger partial charge in [0.25, 0.3) is 0 Å². The molecule has 27 heavy (non-hydrogen) atoms. The number of hydrogen-bond acceptors (Lipinski definition) is 6. The van der Waals surface area contributed by atoms with Crippen molar-refractivity contribution in [3.05, 3.63) is 23.8 Å². The molecular formula is C18H24N6O2S. The molecule has 8 nitrogen and oxygen atoms in total. The third-order valence-corrected chi connectivity index (χ3v) is 5.48. The van der Waals surface area contributed by atoms with Gasteiger partial charge in [-0.25, -0.2) is 19.7 Å². The predicted molar refractivity (Wildman–Crippen MR) is 104 cm³/mol. The van der Waals surface area contributed by atoms with Gasteiger partial charge in [-0.1, -0.05) is 25.2 Å². The van der Waals surface area contributed by atoms with E-state index in [1.807, 2.05) is 13.0 Å². The summed E-state index contributed by atoms with van der Waals surface area (Å²) >= 11 is 1.36. The Balaban J connectivity index is 1.77. The van der Waals surface area contributed by atoms with Crippen molar-refractivity contribution in [2.24, 2.45) is 11.7 Å². The lowest BCUT2D eigenvalue weighted by Gasteiger charge is -2.21. The van der Waals surface area contributed by atoms with Gasteiger partial charge in [-0.2, -0.15) is 0 Å². The fraction of sp³-hybridized carbons (Fsp3) is 0.500. The quantitative estimate of drug-likeness (QED) is 0.817. The Labute approximate surface area is 162 Å². The van der Waals surface area contributed by atoms with Crippen LogP contribution in [0.15, 0.2) is 12.3 Å². The Morgan fingerprint density at radius 2 is 2.19 bits per heavy atom. The number of carbonyl (C=O) groups excluding carboxylic acids is 2. The lowest BCUT2D eigenvalue weighted by atomic mass is 10.1. The molecule has 0 aliphatic carbocycles. The van der Waals surface area contributed by atoms with E-state index in [1.54, 1.807) is 6.20 Å². The Morgan fingerprint density at radius 3 is 2.89 bits per heavy atom. The van der Waals surface area contributed by atoms with Crippen LogP contribution in [0.1, 0.15) is 38.2 Å². The molecule has 0 saturated carbocycles. The van der Waals surface area contributed by atoms with Crippen molar-refractivity contribution in [3.63, 3.8) is 0 Å². The topological polar surface area (TPSA) is 114 Å². The molecule has 9 heteroatoms. The molecule has 1 atom stereocenters. The zero-order valence-electron chi connectivity index (χ0n) is 15.7. The van der Waals surface area contributed by atoms with E-state index in [0.29, 0.717) is 24.0 Å². The van der Waals surface area contributed by atoms with Crippen LogP contribution in [-0.4, -0.2) is 44.4 Å². The summed E-state index contributed by atoms with van der Waals surface area (Å²) in [6, 6.07) is 0.949. The van der Waals surface area contributed by atoms with Gasteiger partial charge in [-0.3, -0.25) is 10.1 Å². The number of carbonyl (C=O) groups is 2. The average Bonchev–Trinajstić information content (AvgIpc) is 3.21. The van der Waals surface area contributed by atoms with Crippen molar-refractivity contribution >= 4 is 28.4 Å². The Kier molecular flexibility index (Phi) is 5.69. The van der Waals surface area contributed by atoms with E-state index in [4.69, 9.17) is 5.73 Å². The van der Waals surface area contributed by atoms with Crippen LogP contribution >= 0.6 is 11.3 Å². The highest BCUT2D eigenvalue weighted by Gasteiger charge is 2.33. The average molecular weight is 388 g/mol. The number of amides is 3. The van der Waals surface area contributed by atoms with Gasteiger partial charge in [0.15, 0.2) is 5.13 Å². The molecule has 3 heterocycles. The molecule has 144 valence electrons. The summed E-state index contributed by atoms with van der Waals surface area (Å²) in [7, 11) is 0. The number of urea groups is 1. The molecule has 1 saturated heterocycles. The molecule has 3 N–H and O–H groups in total. The van der Waals surface area contributed by atoms with Gasteiger partial charge in [0.2, 0.25) is 5.91 Å². The summed E-state index contributed by atoms with van der Waals surface area (Å²) in [6.07, 6.45) is 3.92. The summed E-state index contributed by atoms with van der Waals surface area (Å²) in [4.78, 5) is 39.8. The van der Waals surface area contributed by atoms with Crippen LogP contribution in [0.3, 0.4) is 0 Å². The monoisotopic (exact) mass is 388 g/mol. The number of aromatic nitrogens is 3. The highest BCUT2D eigenvalue weighted by molar-refractivity contribution is 7.19. The number of nitrogens with zero attached hydrogens (tertiary/aromatic N) is 4. The smallest absolute Gasteiger partial charge is 0.324 e. The summed E-state index contributed by atoms with van der Waals surface area (Å²) in [6.45, 7) is 6.65. The predicted octanol–water partition coefficient (Wildman–Crippen LogP) is 2.59. The molecule has 1 fully saturated rings. The van der Waals surface area contributed by atoms with Crippen LogP contribution in [0.4, 0.5) is 9.93 Å². The Morgan fingerprint density at radius 1 is 1.41 bits per heavy atom. The lowest BCUT2D eigenvalue weighted by Crippen LogP contribution is -2.45. The fourth-order valence-corrected chi connectivity index (χ4v) is 4.07. The third kappa shape index (κ3) is 4.41. The van der Waals surface area contributed by atoms with E-state index in [2.05, 4.69) is 34.1 Å². The van der Waals surface area contributed by atoms with Crippen molar-refractivity contribution in [1.82, 2.24) is 19.9 Å². The van der Waals surface area contributed by atoms with Crippen molar-refractivity contribution in [2.75, 3.05) is 11.9 Å². The van der Waals surface area contributed by atoms with Crippen LogP contribution in [0.2, 0.25) is 0 Å². The highest BCUT2D eigenvalue weighted by Crippen LogP contribution is 2.32. The molecule has 0 aromatic carbocycles. The largest absolute Gasteiger partial charge is 0.368 e. The number of rotatable bonds is 5. The zero-order valence-corrected chi connectivity index (χ0v) is 16.5. The molecule has 1 aliphatic heterocycles. The zero-order chi connectivity index (χ0) is 19.6. The second-order valence-corrected chi connectivity index (χ2v) is 8.07. The number of hydrogen-bond donors (Lipinski definition) is 2. The van der Waals surface area contributed by atoms with E-state index in [9.17, 15) is 9.59 Å². The van der Waals surface area contributed by atoms with Crippen LogP contribution in [-0.2, 0) is 11.2 Å². The summed E-state index contributed by atoms with van der Waals surface area (Å²) in [5.74, 6) is 0.788. The van der Waals surface area contributed by atoms with Gasteiger partial charge in [0.1, 0.15) is 11.9 Å². The van der Waals surface area contributed by atoms with E-state index >= 15 is 0 Å². The maximum atomic E-state index is 12.5. The van der Waals surface area contributed by atoms with Crippen LogP contribution < -0.4 is 11.1 Å². The number of likely N-dealkylation sites (tertiary alicyclic amines) is 1. The Bertz CT molecular complexity index is 850. The van der Waals surface area contributed by atoms with Gasteiger partial charge in [-0.05, 0) is 31.7 Å². The number of nitrogens with one attached hydrogen (secondary N) is 1. The van der Waals surface area contributed by atoms with Gasteiger partial charge < -0.3 is 10.6 Å². The first-order valence-corrected chi connectivity index (χ1v) is 9.83. The van der Waals surface area contributed by atoms with Crippen molar-refractivity contribution in [3.8, 4) is 10.6 Å². The number of primary amides is 1. The molecule has 0 bridgehead atoms. The van der Waals surface area contributed by atoms with Gasteiger partial charge in [0.05, 0.1) is 16.3 Å². The first kappa shape index (κ1) is 19.2. The summed E-state index contributed by atoms with van der Waals surface area (Å²) in [5.41, 5.74) is 6.97. The minimum Gasteiger partial charge on any atom is -0.368 e. The molecule has 2 aromatic heterocycles. The van der Waals surface area contributed by atoms with Gasteiger partial charge >= 0.3 is 6.03 Å². The van der Waals surface area contributed by atoms with Crippen molar-refractivity contribution < 1.29 is 9.59 Å². The number of aryl methyl sites for hydroxylation is 1. The molecule has 2 aromatic rings.